The Morgan fingerprint density at radius 1 is 1.00 bits per heavy atom. The van der Waals surface area contributed by atoms with Crippen LogP contribution in [0.5, 0.6) is 0 Å². The Hall–Kier alpha value is -1.24. The normalized spacial score (nSPS) is 24.6. The molecule has 2 N–H and O–H groups in total. The van der Waals surface area contributed by atoms with Crippen molar-refractivity contribution in [2.24, 2.45) is 11.7 Å². The summed E-state index contributed by atoms with van der Waals surface area (Å²) in [7, 11) is 0. The molecule has 0 radical (unpaired) electrons. The van der Waals surface area contributed by atoms with E-state index in [1.54, 1.807) is 6.92 Å². The first-order valence-electron chi connectivity index (χ1n) is 6.05. The Bertz CT molecular complexity index is 470. The topological polar surface area (TPSA) is 26.0 Å². The van der Waals surface area contributed by atoms with Gasteiger partial charge in [-0.25, -0.2) is 0 Å². The van der Waals surface area contributed by atoms with Crippen LogP contribution in [0.25, 0.3) is 0 Å². The maximum absolute atomic E-state index is 12.7. The summed E-state index contributed by atoms with van der Waals surface area (Å²) >= 11 is 0. The highest BCUT2D eigenvalue weighted by Crippen LogP contribution is 2.50. The fraction of sp³-hybridized carbons (Fsp3) is 0.538. The highest BCUT2D eigenvalue weighted by Gasteiger charge is 2.44. The van der Waals surface area contributed by atoms with E-state index in [0.717, 1.165) is 12.1 Å². The molecule has 112 valence electrons. The first kappa shape index (κ1) is 15.2. The minimum absolute atomic E-state index is 0.0560. The minimum Gasteiger partial charge on any atom is -0.328 e. The van der Waals surface area contributed by atoms with Crippen LogP contribution in [0, 0.1) is 5.92 Å². The van der Waals surface area contributed by atoms with Crippen molar-refractivity contribution >= 4 is 0 Å². The molecule has 0 amide bonds. The Morgan fingerprint density at radius 2 is 1.45 bits per heavy atom. The van der Waals surface area contributed by atoms with Crippen LogP contribution in [0.2, 0.25) is 0 Å². The molecule has 1 nitrogen and oxygen atoms in total. The molecule has 3 atom stereocenters. The molecule has 0 bridgehead atoms. The van der Waals surface area contributed by atoms with Crippen LogP contribution in [-0.4, -0.2) is 6.04 Å². The predicted octanol–water partition coefficient (Wildman–Crippen LogP) is 4.17. The molecular weight excluding hydrogens is 284 g/mol. The molecule has 0 aliphatic heterocycles. The Morgan fingerprint density at radius 3 is 1.75 bits per heavy atom. The summed E-state index contributed by atoms with van der Waals surface area (Å²) in [5.41, 5.74) is 3.16. The van der Waals surface area contributed by atoms with Gasteiger partial charge in [0, 0.05) is 6.04 Å². The Balaban J connectivity index is 2.43. The van der Waals surface area contributed by atoms with Crippen molar-refractivity contribution in [3.05, 3.63) is 34.9 Å². The van der Waals surface area contributed by atoms with Gasteiger partial charge in [-0.1, -0.05) is 0 Å². The lowest BCUT2D eigenvalue weighted by Gasteiger charge is -2.14. The molecular formula is C13H13F6N. The van der Waals surface area contributed by atoms with E-state index in [1.165, 1.54) is 0 Å². The maximum Gasteiger partial charge on any atom is 0.416 e. The molecule has 20 heavy (non-hydrogen) atoms. The maximum atomic E-state index is 12.7. The molecule has 3 unspecified atom stereocenters. The molecule has 0 spiro atoms. The largest absolute Gasteiger partial charge is 0.416 e. The second-order valence-corrected chi connectivity index (χ2v) is 5.20. The molecule has 7 heteroatoms. The quantitative estimate of drug-likeness (QED) is 0.814. The van der Waals surface area contributed by atoms with E-state index in [4.69, 9.17) is 5.73 Å². The lowest BCUT2D eigenvalue weighted by atomic mass is 10.00. The number of benzene rings is 1. The number of hydrogen-bond donors (Lipinski definition) is 1. The molecule has 1 aromatic carbocycles. The zero-order valence-electron chi connectivity index (χ0n) is 10.5. The zero-order valence-corrected chi connectivity index (χ0v) is 10.5. The van der Waals surface area contributed by atoms with Crippen LogP contribution >= 0.6 is 0 Å². The summed E-state index contributed by atoms with van der Waals surface area (Å²) in [4.78, 5) is 0. The third-order valence-electron chi connectivity index (χ3n) is 3.55. The zero-order chi connectivity index (χ0) is 15.3. The summed E-state index contributed by atoms with van der Waals surface area (Å²) in [5.74, 6) is -0.377. The minimum atomic E-state index is -4.80. The van der Waals surface area contributed by atoms with E-state index >= 15 is 0 Å². The van der Waals surface area contributed by atoms with Gasteiger partial charge in [-0.2, -0.15) is 26.3 Å². The Labute approximate surface area is 111 Å². The SMILES string of the molecule is CC(N)C1CC1c1cc(C(F)(F)F)cc(C(F)(F)F)c1. The molecule has 0 saturated heterocycles. The lowest BCUT2D eigenvalue weighted by Crippen LogP contribution is -2.18. The molecule has 0 aromatic heterocycles. The highest BCUT2D eigenvalue weighted by atomic mass is 19.4. The van der Waals surface area contributed by atoms with Gasteiger partial charge in [-0.15, -0.1) is 0 Å². The van der Waals surface area contributed by atoms with Gasteiger partial charge >= 0.3 is 12.4 Å². The van der Waals surface area contributed by atoms with Crippen LogP contribution in [0.3, 0.4) is 0 Å². The highest BCUT2D eigenvalue weighted by molar-refractivity contribution is 5.38. The smallest absolute Gasteiger partial charge is 0.328 e. The fourth-order valence-corrected chi connectivity index (χ4v) is 2.37. The van der Waals surface area contributed by atoms with E-state index in [2.05, 4.69) is 0 Å². The number of rotatable bonds is 2. The van der Waals surface area contributed by atoms with Gasteiger partial charge in [-0.3, -0.25) is 0 Å². The lowest BCUT2D eigenvalue weighted by molar-refractivity contribution is -0.143. The van der Waals surface area contributed by atoms with E-state index < -0.39 is 23.5 Å². The number of halogens is 6. The number of alkyl halides is 6. The van der Waals surface area contributed by atoms with Gasteiger partial charge in [0.2, 0.25) is 0 Å². The van der Waals surface area contributed by atoms with Gasteiger partial charge < -0.3 is 5.73 Å². The summed E-state index contributed by atoms with van der Waals surface area (Å²) in [5, 5.41) is 0. The average Bonchev–Trinajstić information content (AvgIpc) is 3.05. The van der Waals surface area contributed by atoms with Crippen molar-refractivity contribution in [3.63, 3.8) is 0 Å². The van der Waals surface area contributed by atoms with Gasteiger partial charge in [0.25, 0.3) is 0 Å². The fourth-order valence-electron chi connectivity index (χ4n) is 2.37. The summed E-state index contributed by atoms with van der Waals surface area (Å²) in [6, 6.07) is 1.49. The number of hydrogen-bond acceptors (Lipinski definition) is 1. The second kappa shape index (κ2) is 4.65. The molecule has 2 rings (SSSR count). The van der Waals surface area contributed by atoms with Gasteiger partial charge in [-0.05, 0) is 48.9 Å². The van der Waals surface area contributed by atoms with E-state index in [9.17, 15) is 26.3 Å². The van der Waals surface area contributed by atoms with Crippen molar-refractivity contribution in [2.75, 3.05) is 0 Å². The molecule has 1 saturated carbocycles. The third-order valence-corrected chi connectivity index (χ3v) is 3.55. The molecule has 1 aromatic rings. The standard InChI is InChI=1S/C13H13F6N/c1-6(20)10-5-11(10)7-2-8(12(14,15)16)4-9(3-7)13(17,18)19/h2-4,6,10-11H,5,20H2,1H3. The van der Waals surface area contributed by atoms with Crippen molar-refractivity contribution in [1.82, 2.24) is 0 Å². The first-order valence-corrected chi connectivity index (χ1v) is 6.05. The third kappa shape index (κ3) is 3.08. The van der Waals surface area contributed by atoms with Crippen LogP contribution in [0.15, 0.2) is 18.2 Å². The summed E-state index contributed by atoms with van der Waals surface area (Å²) < 4.78 is 76.1. The van der Waals surface area contributed by atoms with E-state index in [1.807, 2.05) is 0 Å². The van der Waals surface area contributed by atoms with Crippen LogP contribution in [0.4, 0.5) is 26.3 Å². The average molecular weight is 297 g/mol. The van der Waals surface area contributed by atoms with E-state index in [0.29, 0.717) is 6.42 Å². The van der Waals surface area contributed by atoms with Crippen molar-refractivity contribution in [1.29, 1.82) is 0 Å². The van der Waals surface area contributed by atoms with Crippen molar-refractivity contribution in [3.8, 4) is 0 Å². The van der Waals surface area contributed by atoms with Crippen LogP contribution < -0.4 is 5.73 Å². The molecule has 1 fully saturated rings. The number of nitrogens with two attached hydrogens (primary N) is 1. The van der Waals surface area contributed by atoms with Crippen molar-refractivity contribution in [2.45, 2.75) is 37.7 Å². The van der Waals surface area contributed by atoms with Gasteiger partial charge in [0.1, 0.15) is 0 Å². The van der Waals surface area contributed by atoms with Crippen LogP contribution in [-0.2, 0) is 12.4 Å². The summed E-state index contributed by atoms with van der Waals surface area (Å²) in [6.07, 6.45) is -9.07. The monoisotopic (exact) mass is 297 g/mol. The van der Waals surface area contributed by atoms with Crippen LogP contribution in [0.1, 0.15) is 36.0 Å². The summed E-state index contributed by atoms with van der Waals surface area (Å²) in [6.45, 7) is 1.70. The van der Waals surface area contributed by atoms with Crippen molar-refractivity contribution < 1.29 is 26.3 Å². The first-order chi connectivity index (χ1) is 9.00. The van der Waals surface area contributed by atoms with Gasteiger partial charge in [0.15, 0.2) is 0 Å². The molecule has 1 aliphatic carbocycles. The molecule has 0 heterocycles. The van der Waals surface area contributed by atoms with Gasteiger partial charge in [0.05, 0.1) is 11.1 Å². The van der Waals surface area contributed by atoms with E-state index in [-0.39, 0.29) is 29.5 Å². The second-order valence-electron chi connectivity index (χ2n) is 5.20. The molecule has 1 aliphatic rings. The Kier molecular flexibility index (Phi) is 3.52. The predicted molar refractivity (Wildman–Crippen MR) is 60.9 cm³/mol.